The third-order valence-corrected chi connectivity index (χ3v) is 5.20. The Morgan fingerprint density at radius 2 is 2.04 bits per heavy atom. The lowest BCUT2D eigenvalue weighted by atomic mass is 10.2. The average Bonchev–Trinajstić information content (AvgIpc) is 3.20. The third kappa shape index (κ3) is 3.76. The van der Waals surface area contributed by atoms with E-state index in [0.717, 1.165) is 16.9 Å². The number of nitrogens with one attached hydrogen (secondary N) is 1. The van der Waals surface area contributed by atoms with Crippen molar-refractivity contribution in [2.45, 2.75) is 33.3 Å². The molecule has 1 aliphatic heterocycles. The van der Waals surface area contributed by atoms with E-state index in [2.05, 4.69) is 5.32 Å². The molecule has 25 heavy (non-hydrogen) atoms. The molecule has 0 unspecified atom stereocenters. The number of hydrogen-bond acceptors (Lipinski definition) is 6. The van der Waals surface area contributed by atoms with Crippen molar-refractivity contribution in [3.8, 4) is 11.5 Å². The minimum Gasteiger partial charge on any atom is -0.454 e. The molecule has 132 valence electrons. The van der Waals surface area contributed by atoms with Gasteiger partial charge in [-0.2, -0.15) is 0 Å². The summed E-state index contributed by atoms with van der Waals surface area (Å²) in [6.45, 7) is 5.71. The van der Waals surface area contributed by atoms with Crippen LogP contribution in [0.1, 0.15) is 34.0 Å². The highest BCUT2D eigenvalue weighted by Crippen LogP contribution is 2.34. The van der Waals surface area contributed by atoms with Crippen molar-refractivity contribution in [3.63, 3.8) is 0 Å². The van der Waals surface area contributed by atoms with E-state index < -0.39 is 18.0 Å². The van der Waals surface area contributed by atoms with Crippen molar-refractivity contribution in [3.05, 3.63) is 39.6 Å². The summed E-state index contributed by atoms with van der Waals surface area (Å²) in [4.78, 5) is 26.1. The minimum atomic E-state index is -0.912. The number of carbonyl (C=O) groups is 2. The summed E-state index contributed by atoms with van der Waals surface area (Å²) >= 11 is 1.40. The molecule has 0 spiro atoms. The third-order valence-electron chi connectivity index (χ3n) is 3.84. The summed E-state index contributed by atoms with van der Waals surface area (Å²) in [5, 5.41) is 2.71. The lowest BCUT2D eigenvalue weighted by Crippen LogP contribution is -2.29. The van der Waals surface area contributed by atoms with Gasteiger partial charge >= 0.3 is 5.97 Å². The highest BCUT2D eigenvalue weighted by atomic mass is 32.1. The van der Waals surface area contributed by atoms with E-state index in [9.17, 15) is 9.59 Å². The number of fused-ring (bicyclic) bond motifs is 1. The molecule has 1 aromatic carbocycles. The zero-order chi connectivity index (χ0) is 18.0. The summed E-state index contributed by atoms with van der Waals surface area (Å²) in [6.07, 6.45) is -0.0466. The monoisotopic (exact) mass is 361 g/mol. The van der Waals surface area contributed by atoms with Crippen molar-refractivity contribution in [1.29, 1.82) is 0 Å². The second-order valence-corrected chi connectivity index (χ2v) is 6.81. The molecule has 1 aliphatic rings. The average molecular weight is 361 g/mol. The van der Waals surface area contributed by atoms with Crippen LogP contribution in [0.4, 0.5) is 5.69 Å². The fraction of sp³-hybridized carbons (Fsp3) is 0.333. The SMILES string of the molecule is CCc1sc(C(=O)O[C@@H](C)C(=O)Nc2ccc3c(c2)OCO3)cc1C. The van der Waals surface area contributed by atoms with E-state index >= 15 is 0 Å². The second kappa shape index (κ2) is 7.14. The summed E-state index contributed by atoms with van der Waals surface area (Å²) in [7, 11) is 0. The first kappa shape index (κ1) is 17.3. The van der Waals surface area contributed by atoms with Gasteiger partial charge in [0.15, 0.2) is 17.6 Å². The van der Waals surface area contributed by atoms with Crippen LogP contribution < -0.4 is 14.8 Å². The fourth-order valence-electron chi connectivity index (χ4n) is 2.46. The number of carbonyl (C=O) groups excluding carboxylic acids is 2. The number of benzene rings is 1. The first-order chi connectivity index (χ1) is 12.0. The number of amides is 1. The molecule has 0 aliphatic carbocycles. The van der Waals surface area contributed by atoms with Crippen LogP contribution in [0.15, 0.2) is 24.3 Å². The van der Waals surface area contributed by atoms with Gasteiger partial charge in [0.25, 0.3) is 5.91 Å². The molecule has 0 radical (unpaired) electrons. The standard InChI is InChI=1S/C18H19NO5S/c1-4-15-10(2)7-16(25-15)18(21)24-11(3)17(20)19-12-5-6-13-14(8-12)23-9-22-13/h5-8,11H,4,9H2,1-3H3,(H,19,20)/t11-/m0/s1. The molecule has 0 saturated heterocycles. The predicted octanol–water partition coefficient (Wildman–Crippen LogP) is 3.53. The minimum absolute atomic E-state index is 0.167. The van der Waals surface area contributed by atoms with Gasteiger partial charge in [-0.15, -0.1) is 11.3 Å². The number of rotatable bonds is 5. The van der Waals surface area contributed by atoms with Crippen LogP contribution >= 0.6 is 11.3 Å². The van der Waals surface area contributed by atoms with Crippen molar-refractivity contribution < 1.29 is 23.8 Å². The van der Waals surface area contributed by atoms with Gasteiger partial charge in [-0.25, -0.2) is 4.79 Å². The molecular formula is C18H19NO5S. The quantitative estimate of drug-likeness (QED) is 0.825. The zero-order valence-corrected chi connectivity index (χ0v) is 15.1. The van der Waals surface area contributed by atoms with E-state index in [1.54, 1.807) is 31.2 Å². The van der Waals surface area contributed by atoms with E-state index in [0.29, 0.717) is 22.1 Å². The smallest absolute Gasteiger partial charge is 0.349 e. The maximum Gasteiger partial charge on any atom is 0.349 e. The Hall–Kier alpha value is -2.54. The maximum absolute atomic E-state index is 12.3. The first-order valence-electron chi connectivity index (χ1n) is 7.98. The van der Waals surface area contributed by atoms with Crippen LogP contribution in [0.25, 0.3) is 0 Å². The topological polar surface area (TPSA) is 73.9 Å². The van der Waals surface area contributed by atoms with E-state index in [1.165, 1.54) is 11.3 Å². The molecule has 0 fully saturated rings. The van der Waals surface area contributed by atoms with Gasteiger partial charge in [-0.1, -0.05) is 6.92 Å². The van der Waals surface area contributed by atoms with Gasteiger partial charge in [-0.3, -0.25) is 4.79 Å². The highest BCUT2D eigenvalue weighted by molar-refractivity contribution is 7.14. The van der Waals surface area contributed by atoms with E-state index in [-0.39, 0.29) is 6.79 Å². The fourth-order valence-corrected chi connectivity index (χ4v) is 3.46. The molecule has 1 N–H and O–H groups in total. The summed E-state index contributed by atoms with van der Waals surface area (Å²) in [6, 6.07) is 6.89. The lowest BCUT2D eigenvalue weighted by molar-refractivity contribution is -0.123. The van der Waals surface area contributed by atoms with Crippen molar-refractivity contribution in [2.75, 3.05) is 12.1 Å². The molecule has 2 heterocycles. The number of anilines is 1. The number of esters is 1. The highest BCUT2D eigenvalue weighted by Gasteiger charge is 2.22. The number of ether oxygens (including phenoxy) is 3. The Kier molecular flexibility index (Phi) is 4.94. The Balaban J connectivity index is 1.61. The van der Waals surface area contributed by atoms with E-state index in [4.69, 9.17) is 14.2 Å². The van der Waals surface area contributed by atoms with Gasteiger partial charge in [0.1, 0.15) is 4.88 Å². The Morgan fingerprint density at radius 1 is 1.28 bits per heavy atom. The summed E-state index contributed by atoms with van der Waals surface area (Å²) < 4.78 is 15.8. The molecule has 1 aromatic heterocycles. The van der Waals surface area contributed by atoms with Crippen LogP contribution in [0.2, 0.25) is 0 Å². The molecule has 6 nitrogen and oxygen atoms in total. The van der Waals surface area contributed by atoms with Gasteiger partial charge in [0, 0.05) is 16.6 Å². The van der Waals surface area contributed by atoms with Crippen LogP contribution in [0.3, 0.4) is 0 Å². The molecule has 2 aromatic rings. The predicted molar refractivity (Wildman–Crippen MR) is 94.5 cm³/mol. The van der Waals surface area contributed by atoms with Crippen molar-refractivity contribution >= 4 is 28.9 Å². The van der Waals surface area contributed by atoms with Gasteiger partial charge < -0.3 is 19.5 Å². The number of aryl methyl sites for hydroxylation is 2. The van der Waals surface area contributed by atoms with Crippen LogP contribution in [-0.4, -0.2) is 24.8 Å². The van der Waals surface area contributed by atoms with Crippen LogP contribution in [-0.2, 0) is 16.0 Å². The maximum atomic E-state index is 12.3. The summed E-state index contributed by atoms with van der Waals surface area (Å²) in [5.41, 5.74) is 1.62. The first-order valence-corrected chi connectivity index (χ1v) is 8.80. The molecule has 1 atom stereocenters. The number of thiophene rings is 1. The second-order valence-electron chi connectivity index (χ2n) is 5.68. The normalized spacial score (nSPS) is 13.4. The summed E-state index contributed by atoms with van der Waals surface area (Å²) in [5.74, 6) is 0.318. The Bertz CT molecular complexity index is 814. The number of hydrogen-bond donors (Lipinski definition) is 1. The van der Waals surface area contributed by atoms with Crippen molar-refractivity contribution in [2.24, 2.45) is 0 Å². The molecule has 0 saturated carbocycles. The molecule has 0 bridgehead atoms. The lowest BCUT2D eigenvalue weighted by Gasteiger charge is -2.13. The van der Waals surface area contributed by atoms with Gasteiger partial charge in [-0.05, 0) is 44.0 Å². The van der Waals surface area contributed by atoms with Crippen molar-refractivity contribution in [1.82, 2.24) is 0 Å². The molecule has 1 amide bonds. The van der Waals surface area contributed by atoms with Gasteiger partial charge in [0.2, 0.25) is 6.79 Å². The van der Waals surface area contributed by atoms with Crippen LogP contribution in [0, 0.1) is 6.92 Å². The van der Waals surface area contributed by atoms with Crippen LogP contribution in [0.5, 0.6) is 11.5 Å². The molecular weight excluding hydrogens is 342 g/mol. The van der Waals surface area contributed by atoms with E-state index in [1.807, 2.05) is 13.8 Å². The molecule has 3 rings (SSSR count). The van der Waals surface area contributed by atoms with Gasteiger partial charge in [0.05, 0.1) is 0 Å². The Labute approximate surface area is 149 Å². The largest absolute Gasteiger partial charge is 0.454 e. The zero-order valence-electron chi connectivity index (χ0n) is 14.3. The molecule has 7 heteroatoms. The Morgan fingerprint density at radius 3 is 2.76 bits per heavy atom.